The van der Waals surface area contributed by atoms with E-state index in [0.29, 0.717) is 17.5 Å². The summed E-state index contributed by atoms with van der Waals surface area (Å²) in [5.41, 5.74) is 0.973. The van der Waals surface area contributed by atoms with E-state index in [1.54, 1.807) is 13.3 Å². The molecule has 22 heavy (non-hydrogen) atoms. The summed E-state index contributed by atoms with van der Waals surface area (Å²) in [6.07, 6.45) is 3.11. The molecule has 0 saturated heterocycles. The van der Waals surface area contributed by atoms with Gasteiger partial charge in [-0.05, 0) is 24.7 Å². The Hall–Kier alpha value is -1.98. The number of fused-ring (bicyclic) bond motifs is 1. The van der Waals surface area contributed by atoms with Crippen LogP contribution in [0.5, 0.6) is 0 Å². The van der Waals surface area contributed by atoms with Gasteiger partial charge in [0.1, 0.15) is 0 Å². The van der Waals surface area contributed by atoms with E-state index in [-0.39, 0.29) is 17.9 Å². The molecule has 118 valence electrons. The van der Waals surface area contributed by atoms with Gasteiger partial charge in [-0.1, -0.05) is 13.8 Å². The van der Waals surface area contributed by atoms with Crippen molar-refractivity contribution in [2.24, 2.45) is 17.8 Å². The van der Waals surface area contributed by atoms with Crippen LogP contribution in [0.15, 0.2) is 18.5 Å². The Morgan fingerprint density at radius 3 is 2.73 bits per heavy atom. The van der Waals surface area contributed by atoms with Crippen LogP contribution in [0.1, 0.15) is 32.7 Å². The predicted molar refractivity (Wildman–Crippen MR) is 77.4 cm³/mol. The lowest BCUT2D eigenvalue weighted by molar-refractivity contribution is -0.143. The molecule has 0 bridgehead atoms. The van der Waals surface area contributed by atoms with Crippen molar-refractivity contribution in [1.29, 1.82) is 0 Å². The smallest absolute Gasteiger partial charge is 0.306 e. The number of benzene rings is 1. The third kappa shape index (κ3) is 2.36. The minimum Gasteiger partial charge on any atom is -0.481 e. The Morgan fingerprint density at radius 1 is 1.36 bits per heavy atom. The molecule has 0 radical (unpaired) electrons. The molecule has 1 N–H and O–H groups in total. The van der Waals surface area contributed by atoms with Crippen molar-refractivity contribution >= 4 is 17.0 Å². The fourth-order valence-electron chi connectivity index (χ4n) is 3.67. The highest BCUT2D eigenvalue weighted by Crippen LogP contribution is 2.44. The number of hydrogen-bond acceptors (Lipinski definition) is 2. The van der Waals surface area contributed by atoms with Crippen molar-refractivity contribution in [2.75, 3.05) is 0 Å². The predicted octanol–water partition coefficient (Wildman–Crippen LogP) is 3.62. The van der Waals surface area contributed by atoms with E-state index in [0.717, 1.165) is 18.6 Å². The molecular weight excluding hydrogens is 290 g/mol. The van der Waals surface area contributed by atoms with Gasteiger partial charge in [0.25, 0.3) is 0 Å². The van der Waals surface area contributed by atoms with Gasteiger partial charge in [0.2, 0.25) is 0 Å². The van der Waals surface area contributed by atoms with Gasteiger partial charge in [-0.25, -0.2) is 13.8 Å². The van der Waals surface area contributed by atoms with Crippen LogP contribution in [-0.4, -0.2) is 20.6 Å². The summed E-state index contributed by atoms with van der Waals surface area (Å²) in [6.45, 7) is 3.77. The molecule has 1 aromatic heterocycles. The van der Waals surface area contributed by atoms with E-state index in [2.05, 4.69) is 4.98 Å². The molecule has 4 atom stereocenters. The normalized spacial score (nSPS) is 26.5. The quantitative estimate of drug-likeness (QED) is 0.942. The summed E-state index contributed by atoms with van der Waals surface area (Å²) in [7, 11) is 0. The second-order valence-electron chi connectivity index (χ2n) is 6.30. The standard InChI is InChI=1S/C16H18F2N2O2/c1-8-3-10(4-11(8)9(2)16(21)22)20-7-19-14-5-12(17)13(18)6-15(14)20/h5-11H,3-4H2,1-2H3,(H,21,22). The first kappa shape index (κ1) is 14.9. The van der Waals surface area contributed by atoms with E-state index >= 15 is 0 Å². The molecule has 0 spiro atoms. The van der Waals surface area contributed by atoms with Crippen molar-refractivity contribution in [2.45, 2.75) is 32.7 Å². The second-order valence-corrected chi connectivity index (χ2v) is 6.30. The van der Waals surface area contributed by atoms with Gasteiger partial charge >= 0.3 is 5.97 Å². The number of aromatic nitrogens is 2. The van der Waals surface area contributed by atoms with Gasteiger partial charge in [-0.2, -0.15) is 0 Å². The summed E-state index contributed by atoms with van der Waals surface area (Å²) in [5, 5.41) is 9.21. The Labute approximate surface area is 126 Å². The Kier molecular flexibility index (Phi) is 3.62. The summed E-state index contributed by atoms with van der Waals surface area (Å²) in [4.78, 5) is 15.3. The van der Waals surface area contributed by atoms with Crippen LogP contribution in [0.25, 0.3) is 11.0 Å². The number of aliphatic carboxylic acids is 1. The highest BCUT2D eigenvalue weighted by molar-refractivity contribution is 5.75. The number of carboxylic acid groups (broad SMARTS) is 1. The lowest BCUT2D eigenvalue weighted by Crippen LogP contribution is -2.22. The molecule has 1 aliphatic carbocycles. The summed E-state index contributed by atoms with van der Waals surface area (Å²) in [6, 6.07) is 2.32. The fourth-order valence-corrected chi connectivity index (χ4v) is 3.67. The molecule has 1 heterocycles. The lowest BCUT2D eigenvalue weighted by Gasteiger charge is -2.19. The van der Waals surface area contributed by atoms with Crippen molar-refractivity contribution in [3.8, 4) is 0 Å². The zero-order chi connectivity index (χ0) is 16.0. The number of carbonyl (C=O) groups is 1. The first-order valence-corrected chi connectivity index (χ1v) is 7.43. The van der Waals surface area contributed by atoms with Crippen LogP contribution < -0.4 is 0 Å². The minimum atomic E-state index is -0.907. The monoisotopic (exact) mass is 308 g/mol. The highest BCUT2D eigenvalue weighted by atomic mass is 19.2. The fraction of sp³-hybridized carbons (Fsp3) is 0.500. The Bertz CT molecular complexity index is 728. The molecule has 1 fully saturated rings. The van der Waals surface area contributed by atoms with Gasteiger partial charge in [0, 0.05) is 18.2 Å². The molecule has 2 aromatic rings. The Morgan fingerprint density at radius 2 is 2.05 bits per heavy atom. The van der Waals surface area contributed by atoms with E-state index in [4.69, 9.17) is 0 Å². The molecule has 3 rings (SSSR count). The largest absolute Gasteiger partial charge is 0.481 e. The third-order valence-electron chi connectivity index (χ3n) is 4.96. The van der Waals surface area contributed by atoms with Crippen molar-refractivity contribution in [1.82, 2.24) is 9.55 Å². The number of nitrogens with zero attached hydrogens (tertiary/aromatic N) is 2. The Balaban J connectivity index is 1.93. The van der Waals surface area contributed by atoms with Gasteiger partial charge in [0.05, 0.1) is 23.3 Å². The SMILES string of the molecule is CC1CC(n2cnc3cc(F)c(F)cc32)CC1C(C)C(=O)O. The number of hydrogen-bond donors (Lipinski definition) is 1. The number of carboxylic acids is 1. The molecule has 4 nitrogen and oxygen atoms in total. The second kappa shape index (κ2) is 5.34. The third-order valence-corrected chi connectivity index (χ3v) is 4.96. The number of rotatable bonds is 3. The van der Waals surface area contributed by atoms with Crippen LogP contribution in [-0.2, 0) is 4.79 Å². The van der Waals surface area contributed by atoms with E-state index in [1.165, 1.54) is 0 Å². The molecular formula is C16H18F2N2O2. The van der Waals surface area contributed by atoms with Crippen molar-refractivity contribution in [3.05, 3.63) is 30.1 Å². The zero-order valence-electron chi connectivity index (χ0n) is 12.5. The van der Waals surface area contributed by atoms with Crippen molar-refractivity contribution in [3.63, 3.8) is 0 Å². The summed E-state index contributed by atoms with van der Waals surface area (Å²) in [5.74, 6) is -2.67. The van der Waals surface area contributed by atoms with Crippen LogP contribution in [0, 0.1) is 29.4 Å². The first-order valence-electron chi connectivity index (χ1n) is 7.43. The molecule has 4 unspecified atom stereocenters. The summed E-state index contributed by atoms with van der Waals surface area (Å²) >= 11 is 0. The van der Waals surface area contributed by atoms with Gasteiger partial charge in [-0.3, -0.25) is 4.79 Å². The zero-order valence-corrected chi connectivity index (χ0v) is 12.5. The lowest BCUT2D eigenvalue weighted by atomic mass is 9.86. The topological polar surface area (TPSA) is 55.1 Å². The maximum Gasteiger partial charge on any atom is 0.306 e. The average molecular weight is 308 g/mol. The van der Waals surface area contributed by atoms with Crippen LogP contribution in [0.3, 0.4) is 0 Å². The van der Waals surface area contributed by atoms with Gasteiger partial charge in [-0.15, -0.1) is 0 Å². The molecule has 0 amide bonds. The number of halogens is 2. The first-order chi connectivity index (χ1) is 10.4. The van der Waals surface area contributed by atoms with Gasteiger partial charge < -0.3 is 9.67 Å². The molecule has 1 saturated carbocycles. The highest BCUT2D eigenvalue weighted by Gasteiger charge is 2.38. The molecule has 1 aromatic carbocycles. The summed E-state index contributed by atoms with van der Waals surface area (Å²) < 4.78 is 28.6. The van der Waals surface area contributed by atoms with E-state index < -0.39 is 23.5 Å². The minimum absolute atomic E-state index is 0.0664. The molecule has 6 heteroatoms. The average Bonchev–Trinajstić information content (AvgIpc) is 3.02. The van der Waals surface area contributed by atoms with E-state index in [1.807, 2.05) is 11.5 Å². The van der Waals surface area contributed by atoms with Gasteiger partial charge in [0.15, 0.2) is 11.6 Å². The van der Waals surface area contributed by atoms with Crippen LogP contribution in [0.4, 0.5) is 8.78 Å². The maximum absolute atomic E-state index is 13.5. The molecule has 1 aliphatic rings. The van der Waals surface area contributed by atoms with E-state index in [9.17, 15) is 18.7 Å². The molecule has 0 aliphatic heterocycles. The van der Waals surface area contributed by atoms with Crippen LogP contribution >= 0.6 is 0 Å². The maximum atomic E-state index is 13.5. The number of imidazole rings is 1. The van der Waals surface area contributed by atoms with Crippen molar-refractivity contribution < 1.29 is 18.7 Å². The van der Waals surface area contributed by atoms with Crippen LogP contribution in [0.2, 0.25) is 0 Å².